The van der Waals surface area contributed by atoms with Crippen molar-refractivity contribution in [1.29, 1.82) is 0 Å². The third-order valence-corrected chi connectivity index (χ3v) is 2.92. The van der Waals surface area contributed by atoms with E-state index >= 15 is 0 Å². The van der Waals surface area contributed by atoms with Crippen molar-refractivity contribution >= 4 is 21.6 Å². The molecule has 0 saturated carbocycles. The van der Waals surface area contributed by atoms with Crippen molar-refractivity contribution in [3.63, 3.8) is 0 Å². The molecule has 1 aromatic heterocycles. The third-order valence-electron chi connectivity index (χ3n) is 2.49. The summed E-state index contributed by atoms with van der Waals surface area (Å²) in [6.07, 6.45) is 4.01. The van der Waals surface area contributed by atoms with Gasteiger partial charge in [0.15, 0.2) is 0 Å². The maximum Gasteiger partial charge on any atom is 0.269 e. The van der Waals surface area contributed by atoms with E-state index in [9.17, 15) is 10.1 Å². The van der Waals surface area contributed by atoms with Crippen LogP contribution < -0.4 is 4.74 Å². The Bertz CT molecular complexity index is 572. The summed E-state index contributed by atoms with van der Waals surface area (Å²) in [5.41, 5.74) is 1.09. The smallest absolute Gasteiger partial charge is 0.269 e. The number of hydrogen-bond donors (Lipinski definition) is 0. The lowest BCUT2D eigenvalue weighted by Gasteiger charge is -2.06. The minimum absolute atomic E-state index is 0.0980. The molecular weight excluding hydrogens is 312 g/mol. The zero-order chi connectivity index (χ0) is 13.7. The van der Waals surface area contributed by atoms with Crippen LogP contribution in [0.5, 0.6) is 5.75 Å². The van der Waals surface area contributed by atoms with Crippen molar-refractivity contribution in [1.82, 2.24) is 4.98 Å². The molecule has 2 aromatic rings. The first-order valence-corrected chi connectivity index (χ1v) is 6.41. The average Bonchev–Trinajstić information content (AvgIpc) is 2.39. The summed E-state index contributed by atoms with van der Waals surface area (Å²) in [7, 11) is 0. The van der Waals surface area contributed by atoms with E-state index in [1.807, 2.05) is 6.07 Å². The molecule has 0 aliphatic rings. The van der Waals surface area contributed by atoms with Gasteiger partial charge in [-0.3, -0.25) is 15.1 Å². The van der Waals surface area contributed by atoms with Gasteiger partial charge in [0.25, 0.3) is 5.69 Å². The molecule has 0 bridgehead atoms. The first-order valence-electron chi connectivity index (χ1n) is 5.62. The largest absolute Gasteiger partial charge is 0.492 e. The lowest BCUT2D eigenvalue weighted by Crippen LogP contribution is -2.01. The van der Waals surface area contributed by atoms with E-state index in [1.165, 1.54) is 12.1 Å². The van der Waals surface area contributed by atoms with Gasteiger partial charge in [0.2, 0.25) is 0 Å². The molecule has 0 N–H and O–H groups in total. The van der Waals surface area contributed by atoms with E-state index in [0.29, 0.717) is 18.8 Å². The Morgan fingerprint density at radius 1 is 1.26 bits per heavy atom. The minimum Gasteiger partial charge on any atom is -0.492 e. The molecule has 0 unspecified atom stereocenters. The molecule has 19 heavy (non-hydrogen) atoms. The topological polar surface area (TPSA) is 65.3 Å². The van der Waals surface area contributed by atoms with Gasteiger partial charge >= 0.3 is 0 Å². The van der Waals surface area contributed by atoms with Gasteiger partial charge in [-0.2, -0.15) is 0 Å². The van der Waals surface area contributed by atoms with Crippen LogP contribution in [0.2, 0.25) is 0 Å². The second kappa shape index (κ2) is 6.29. The van der Waals surface area contributed by atoms with Crippen molar-refractivity contribution in [3.05, 3.63) is 62.9 Å². The van der Waals surface area contributed by atoms with Crippen LogP contribution in [-0.2, 0) is 6.42 Å². The van der Waals surface area contributed by atoms with Gasteiger partial charge in [0, 0.05) is 29.2 Å². The standard InChI is InChI=1S/C13H11BrN2O3/c14-11-7-13(9-15-8-11)19-6-5-10-1-3-12(4-2-10)16(17)18/h1-4,7-9H,5-6H2. The van der Waals surface area contributed by atoms with Gasteiger partial charge in [-0.1, -0.05) is 12.1 Å². The number of hydrogen-bond acceptors (Lipinski definition) is 4. The SMILES string of the molecule is O=[N+]([O-])c1ccc(CCOc2cncc(Br)c2)cc1. The van der Waals surface area contributed by atoms with Crippen molar-refractivity contribution in [2.45, 2.75) is 6.42 Å². The van der Waals surface area contributed by atoms with Gasteiger partial charge in [0.05, 0.1) is 17.7 Å². The molecule has 0 saturated heterocycles. The molecule has 0 atom stereocenters. The number of nitrogens with zero attached hydrogens (tertiary/aromatic N) is 2. The van der Waals surface area contributed by atoms with Crippen molar-refractivity contribution in [2.75, 3.05) is 6.61 Å². The Labute approximate surface area is 118 Å². The lowest BCUT2D eigenvalue weighted by atomic mass is 10.1. The number of nitro groups is 1. The fourth-order valence-corrected chi connectivity index (χ4v) is 1.89. The number of benzene rings is 1. The molecule has 2 rings (SSSR count). The Kier molecular flexibility index (Phi) is 4.46. The van der Waals surface area contributed by atoms with E-state index in [-0.39, 0.29) is 5.69 Å². The fraction of sp³-hybridized carbons (Fsp3) is 0.154. The minimum atomic E-state index is -0.409. The van der Waals surface area contributed by atoms with Crippen LogP contribution in [-0.4, -0.2) is 16.5 Å². The van der Waals surface area contributed by atoms with Gasteiger partial charge in [-0.15, -0.1) is 0 Å². The van der Waals surface area contributed by atoms with Gasteiger partial charge in [-0.05, 0) is 27.6 Å². The molecule has 6 heteroatoms. The van der Waals surface area contributed by atoms with E-state index < -0.39 is 4.92 Å². The predicted octanol–water partition coefficient (Wildman–Crippen LogP) is 3.37. The molecule has 0 radical (unpaired) electrons. The number of rotatable bonds is 5. The maximum absolute atomic E-state index is 10.5. The van der Waals surface area contributed by atoms with E-state index in [1.54, 1.807) is 24.5 Å². The van der Waals surface area contributed by atoms with Crippen LogP contribution in [0.15, 0.2) is 47.2 Å². The molecule has 0 spiro atoms. The lowest BCUT2D eigenvalue weighted by molar-refractivity contribution is -0.384. The Hall–Kier alpha value is -1.95. The Morgan fingerprint density at radius 3 is 2.63 bits per heavy atom. The average molecular weight is 323 g/mol. The Balaban J connectivity index is 1.87. The molecular formula is C13H11BrN2O3. The highest BCUT2D eigenvalue weighted by molar-refractivity contribution is 9.10. The molecule has 0 aliphatic carbocycles. The van der Waals surface area contributed by atoms with E-state index in [0.717, 1.165) is 10.0 Å². The second-order valence-electron chi connectivity index (χ2n) is 3.86. The zero-order valence-electron chi connectivity index (χ0n) is 9.95. The molecule has 0 fully saturated rings. The van der Waals surface area contributed by atoms with Gasteiger partial charge < -0.3 is 4.74 Å². The summed E-state index contributed by atoms with van der Waals surface area (Å²) >= 11 is 3.31. The molecule has 0 amide bonds. The summed E-state index contributed by atoms with van der Waals surface area (Å²) in [6, 6.07) is 8.30. The van der Waals surface area contributed by atoms with E-state index in [4.69, 9.17) is 4.74 Å². The number of non-ortho nitro benzene ring substituents is 1. The molecule has 98 valence electrons. The maximum atomic E-state index is 10.5. The predicted molar refractivity (Wildman–Crippen MR) is 74.2 cm³/mol. The number of nitro benzene ring substituents is 1. The monoisotopic (exact) mass is 322 g/mol. The van der Waals surface area contributed by atoms with Crippen LogP contribution in [0.3, 0.4) is 0 Å². The van der Waals surface area contributed by atoms with Crippen LogP contribution in [0.1, 0.15) is 5.56 Å². The van der Waals surface area contributed by atoms with Crippen molar-refractivity contribution in [3.8, 4) is 5.75 Å². The highest BCUT2D eigenvalue weighted by Crippen LogP contribution is 2.16. The fourth-order valence-electron chi connectivity index (χ4n) is 1.54. The Morgan fingerprint density at radius 2 is 2.00 bits per heavy atom. The summed E-state index contributed by atoms with van der Waals surface area (Å²) in [5.74, 6) is 0.691. The number of ether oxygens (including phenoxy) is 1. The second-order valence-corrected chi connectivity index (χ2v) is 4.78. The normalized spacial score (nSPS) is 10.2. The third kappa shape index (κ3) is 4.03. The highest BCUT2D eigenvalue weighted by atomic mass is 79.9. The van der Waals surface area contributed by atoms with E-state index in [2.05, 4.69) is 20.9 Å². The summed E-state index contributed by atoms with van der Waals surface area (Å²) in [4.78, 5) is 14.1. The molecule has 1 aromatic carbocycles. The first-order chi connectivity index (χ1) is 9.15. The zero-order valence-corrected chi connectivity index (χ0v) is 11.5. The first kappa shape index (κ1) is 13.5. The van der Waals surface area contributed by atoms with Crippen LogP contribution >= 0.6 is 15.9 Å². The van der Waals surface area contributed by atoms with Crippen molar-refractivity contribution < 1.29 is 9.66 Å². The van der Waals surface area contributed by atoms with Crippen LogP contribution in [0.25, 0.3) is 0 Å². The van der Waals surface area contributed by atoms with Crippen LogP contribution in [0, 0.1) is 10.1 Å². The van der Waals surface area contributed by atoms with Crippen molar-refractivity contribution in [2.24, 2.45) is 0 Å². The van der Waals surface area contributed by atoms with Crippen LogP contribution in [0.4, 0.5) is 5.69 Å². The number of aromatic nitrogens is 1. The van der Waals surface area contributed by atoms with Gasteiger partial charge in [-0.25, -0.2) is 0 Å². The summed E-state index contributed by atoms with van der Waals surface area (Å²) in [6.45, 7) is 0.496. The summed E-state index contributed by atoms with van der Waals surface area (Å²) in [5, 5.41) is 10.5. The molecule has 1 heterocycles. The molecule has 0 aliphatic heterocycles. The van der Waals surface area contributed by atoms with Gasteiger partial charge in [0.1, 0.15) is 5.75 Å². The molecule has 5 nitrogen and oxygen atoms in total. The quantitative estimate of drug-likeness (QED) is 0.625. The number of halogens is 1. The highest BCUT2D eigenvalue weighted by Gasteiger charge is 2.04. The summed E-state index contributed by atoms with van der Waals surface area (Å²) < 4.78 is 6.40. The number of pyridine rings is 1.